The molecule has 0 aliphatic rings. The van der Waals surface area contributed by atoms with Crippen molar-refractivity contribution in [2.45, 2.75) is 50.7 Å². The fourth-order valence-corrected chi connectivity index (χ4v) is 4.96. The van der Waals surface area contributed by atoms with Gasteiger partial charge in [-0.25, -0.2) is 17.9 Å². The normalized spacial score (nSPS) is 13.0. The number of pyridine rings is 1. The Balaban J connectivity index is 1.72. The maximum Gasteiger partial charge on any atom is 0.410 e. The van der Waals surface area contributed by atoms with Gasteiger partial charge in [0.25, 0.3) is 0 Å². The van der Waals surface area contributed by atoms with Gasteiger partial charge in [-0.3, -0.25) is 4.98 Å². The zero-order valence-electron chi connectivity index (χ0n) is 19.8. The van der Waals surface area contributed by atoms with Gasteiger partial charge in [0.2, 0.25) is 10.0 Å². The van der Waals surface area contributed by atoms with Crippen molar-refractivity contribution >= 4 is 42.8 Å². The Morgan fingerprint density at radius 2 is 1.82 bits per heavy atom. The molecule has 0 spiro atoms. The number of carbonyl (C=O) groups is 1. The molecule has 1 aromatic heterocycles. The van der Waals surface area contributed by atoms with Crippen molar-refractivity contribution in [1.82, 2.24) is 14.6 Å². The minimum absolute atomic E-state index is 0.164. The van der Waals surface area contributed by atoms with E-state index in [2.05, 4.69) is 25.6 Å². The Morgan fingerprint density at radius 3 is 2.50 bits per heavy atom. The quantitative estimate of drug-likeness (QED) is 0.421. The average molecular weight is 549 g/mol. The lowest BCUT2D eigenvalue weighted by Crippen LogP contribution is -2.46. The molecule has 1 heterocycles. The second kappa shape index (κ2) is 10.8. The highest BCUT2D eigenvalue weighted by atomic mass is 79.9. The van der Waals surface area contributed by atoms with Crippen LogP contribution in [0.2, 0.25) is 0 Å². The van der Waals surface area contributed by atoms with Crippen molar-refractivity contribution in [2.24, 2.45) is 0 Å². The lowest BCUT2D eigenvalue weighted by molar-refractivity contribution is 0.0241. The summed E-state index contributed by atoms with van der Waals surface area (Å²) in [5.74, 6) is 0. The number of hydrogen-bond donors (Lipinski definition) is 1. The molecule has 9 heteroatoms. The summed E-state index contributed by atoms with van der Waals surface area (Å²) < 4.78 is 35.3. The maximum absolute atomic E-state index is 13.0. The monoisotopic (exact) mass is 547 g/mol. The second-order valence-electron chi connectivity index (χ2n) is 9.21. The number of hydrogen-bond acceptors (Lipinski definition) is 5. The highest BCUT2D eigenvalue weighted by Crippen LogP contribution is 2.19. The number of carbonyl (C=O) groups excluding carboxylic acids is 1. The molecule has 1 amide bonds. The zero-order valence-corrected chi connectivity index (χ0v) is 22.2. The molecular weight excluding hydrogens is 518 g/mol. The van der Waals surface area contributed by atoms with Crippen molar-refractivity contribution in [2.75, 3.05) is 13.1 Å². The first-order chi connectivity index (χ1) is 15.9. The Labute approximate surface area is 209 Å². The first kappa shape index (κ1) is 26.1. The molecule has 1 atom stereocenters. The summed E-state index contributed by atoms with van der Waals surface area (Å²) in [7, 11) is -3.78. The Kier molecular flexibility index (Phi) is 8.33. The lowest BCUT2D eigenvalue weighted by atomic mass is 10.1. The molecule has 2 aromatic carbocycles. The Bertz CT molecular complexity index is 1240. The van der Waals surface area contributed by atoms with Crippen molar-refractivity contribution < 1.29 is 17.9 Å². The number of benzene rings is 2. The number of nitrogens with zero attached hydrogens (tertiary/aromatic N) is 2. The fourth-order valence-electron chi connectivity index (χ4n) is 3.43. The molecule has 1 unspecified atom stereocenters. The minimum atomic E-state index is -3.78. The van der Waals surface area contributed by atoms with Crippen LogP contribution < -0.4 is 4.72 Å². The summed E-state index contributed by atoms with van der Waals surface area (Å²) >= 11 is 3.42. The van der Waals surface area contributed by atoms with E-state index in [1.807, 2.05) is 24.3 Å². The molecule has 0 fully saturated rings. The summed E-state index contributed by atoms with van der Waals surface area (Å²) in [6.07, 6.45) is 3.45. The highest BCUT2D eigenvalue weighted by Gasteiger charge is 2.25. The summed E-state index contributed by atoms with van der Waals surface area (Å²) in [4.78, 5) is 18.6. The molecule has 3 aromatic rings. The van der Waals surface area contributed by atoms with Crippen LogP contribution in [-0.2, 0) is 21.2 Å². The number of sulfonamides is 1. The van der Waals surface area contributed by atoms with Crippen LogP contribution in [0.5, 0.6) is 0 Å². The van der Waals surface area contributed by atoms with E-state index in [1.54, 1.807) is 69.3 Å². The Morgan fingerprint density at radius 1 is 1.12 bits per heavy atom. The molecule has 7 nitrogen and oxygen atoms in total. The van der Waals surface area contributed by atoms with E-state index in [0.717, 1.165) is 20.8 Å². The van der Waals surface area contributed by atoms with E-state index in [4.69, 9.17) is 4.74 Å². The van der Waals surface area contributed by atoms with Gasteiger partial charge in [0, 0.05) is 41.4 Å². The molecule has 34 heavy (non-hydrogen) atoms. The lowest BCUT2D eigenvalue weighted by Gasteiger charge is -2.29. The third kappa shape index (κ3) is 7.51. The smallest absolute Gasteiger partial charge is 0.410 e. The van der Waals surface area contributed by atoms with Crippen LogP contribution in [0, 0.1) is 0 Å². The third-order valence-corrected chi connectivity index (χ3v) is 7.12. The van der Waals surface area contributed by atoms with E-state index in [-0.39, 0.29) is 11.4 Å². The molecular formula is C25H30BrN3O4S. The van der Waals surface area contributed by atoms with E-state index < -0.39 is 27.8 Å². The van der Waals surface area contributed by atoms with Gasteiger partial charge in [0.05, 0.1) is 4.90 Å². The molecule has 1 N–H and O–H groups in total. The van der Waals surface area contributed by atoms with Gasteiger partial charge in [0.1, 0.15) is 5.60 Å². The summed E-state index contributed by atoms with van der Waals surface area (Å²) in [6, 6.07) is 14.0. The molecule has 0 aliphatic heterocycles. The number of nitrogens with one attached hydrogen (secondary N) is 1. The molecule has 182 valence electrons. The standard InChI is InChI=1S/C25H30BrN3O4S/c1-18(28-34(31,32)23-10-7-21-16-27-13-11-20(21)15-23)17-29(24(30)33-25(2,3)4)14-12-19-5-8-22(26)9-6-19/h5-11,13,15-16,18,28H,12,14,17H2,1-4H3. The topological polar surface area (TPSA) is 88.6 Å². The van der Waals surface area contributed by atoms with Crippen LogP contribution in [0.3, 0.4) is 0 Å². The van der Waals surface area contributed by atoms with Crippen LogP contribution in [0.15, 0.2) is 70.3 Å². The molecule has 0 radical (unpaired) electrons. The first-order valence-electron chi connectivity index (χ1n) is 11.0. The molecule has 0 saturated heterocycles. The molecule has 0 saturated carbocycles. The SMILES string of the molecule is CC(CN(CCc1ccc(Br)cc1)C(=O)OC(C)(C)C)NS(=O)(=O)c1ccc2cnccc2c1. The van der Waals surface area contributed by atoms with Crippen molar-refractivity contribution in [3.05, 3.63) is 71.0 Å². The Hall–Kier alpha value is -2.49. The van der Waals surface area contributed by atoms with Gasteiger partial charge in [0.15, 0.2) is 0 Å². The summed E-state index contributed by atoms with van der Waals surface area (Å²) in [5.41, 5.74) is 0.408. The number of aromatic nitrogens is 1. The molecule has 0 aliphatic carbocycles. The van der Waals surface area contributed by atoms with Gasteiger partial charge in [-0.1, -0.05) is 34.1 Å². The fraction of sp³-hybridized carbons (Fsp3) is 0.360. The summed E-state index contributed by atoms with van der Waals surface area (Å²) in [5, 5.41) is 1.65. The number of ether oxygens (including phenoxy) is 1. The zero-order chi connectivity index (χ0) is 24.9. The highest BCUT2D eigenvalue weighted by molar-refractivity contribution is 9.10. The largest absolute Gasteiger partial charge is 0.444 e. The van der Waals surface area contributed by atoms with Gasteiger partial charge < -0.3 is 9.64 Å². The predicted molar refractivity (Wildman–Crippen MR) is 137 cm³/mol. The number of rotatable bonds is 8. The van der Waals surface area contributed by atoms with E-state index in [9.17, 15) is 13.2 Å². The second-order valence-corrected chi connectivity index (χ2v) is 11.8. The summed E-state index contributed by atoms with van der Waals surface area (Å²) in [6.45, 7) is 7.71. The van der Waals surface area contributed by atoms with Crippen LogP contribution >= 0.6 is 15.9 Å². The van der Waals surface area contributed by atoms with E-state index >= 15 is 0 Å². The van der Waals surface area contributed by atoms with Gasteiger partial charge >= 0.3 is 6.09 Å². The van der Waals surface area contributed by atoms with Crippen molar-refractivity contribution in [1.29, 1.82) is 0 Å². The number of halogens is 1. The third-order valence-electron chi connectivity index (χ3n) is 5.01. The first-order valence-corrected chi connectivity index (χ1v) is 13.3. The van der Waals surface area contributed by atoms with E-state index in [1.165, 1.54) is 0 Å². The number of amides is 1. The maximum atomic E-state index is 13.0. The van der Waals surface area contributed by atoms with Gasteiger partial charge in [-0.05, 0) is 75.4 Å². The van der Waals surface area contributed by atoms with E-state index in [0.29, 0.717) is 13.0 Å². The van der Waals surface area contributed by atoms with Crippen molar-refractivity contribution in [3.8, 4) is 0 Å². The van der Waals surface area contributed by atoms with Crippen molar-refractivity contribution in [3.63, 3.8) is 0 Å². The predicted octanol–water partition coefficient (Wildman–Crippen LogP) is 5.14. The molecule has 3 rings (SSSR count). The average Bonchev–Trinajstić information content (AvgIpc) is 2.75. The van der Waals surface area contributed by atoms with Gasteiger partial charge in [-0.2, -0.15) is 0 Å². The van der Waals surface area contributed by atoms with Crippen LogP contribution in [-0.4, -0.2) is 49.1 Å². The minimum Gasteiger partial charge on any atom is -0.444 e. The number of fused-ring (bicyclic) bond motifs is 1. The van der Waals surface area contributed by atoms with Crippen LogP contribution in [0.25, 0.3) is 10.8 Å². The van der Waals surface area contributed by atoms with Crippen LogP contribution in [0.1, 0.15) is 33.3 Å². The molecule has 0 bridgehead atoms. The van der Waals surface area contributed by atoms with Crippen LogP contribution in [0.4, 0.5) is 4.79 Å². The van der Waals surface area contributed by atoms with Gasteiger partial charge in [-0.15, -0.1) is 0 Å².